The van der Waals surface area contributed by atoms with Gasteiger partial charge in [-0.25, -0.2) is 0 Å². The van der Waals surface area contributed by atoms with E-state index in [1.165, 1.54) is 0 Å². The molecule has 0 aliphatic rings. The van der Waals surface area contributed by atoms with Crippen LogP contribution in [-0.2, 0) is 17.7 Å². The topological polar surface area (TPSA) is 36.9 Å². The standard InChI is InChI=1S/C17H46O4Si5/c1-13-15-26(11,12)17(20-24(7)8,21-25(9)10)16(14-2,18-22(3)4)19-23(5)6/h22-25H,13-15H2,1-12H3. The summed E-state index contributed by atoms with van der Waals surface area (Å²) in [6, 6.07) is 1.16. The third-order valence-electron chi connectivity index (χ3n) is 4.39. The zero-order valence-electron chi connectivity index (χ0n) is 19.6. The number of hydrogen-bond donors (Lipinski definition) is 0. The first-order valence-corrected chi connectivity index (χ1v) is 24.8. The first-order chi connectivity index (χ1) is 11.8. The van der Waals surface area contributed by atoms with Gasteiger partial charge in [-0.2, -0.15) is 0 Å². The quantitative estimate of drug-likeness (QED) is 0.304. The third kappa shape index (κ3) is 6.76. The lowest BCUT2D eigenvalue weighted by atomic mass is 10.2. The summed E-state index contributed by atoms with van der Waals surface area (Å²) in [4.78, 5) is 0. The van der Waals surface area contributed by atoms with Crippen LogP contribution in [0.2, 0.25) is 71.5 Å². The van der Waals surface area contributed by atoms with E-state index < -0.39 is 55.4 Å². The van der Waals surface area contributed by atoms with Gasteiger partial charge in [0.2, 0.25) is 0 Å². The summed E-state index contributed by atoms with van der Waals surface area (Å²) in [6.45, 7) is 27.2. The number of rotatable bonds is 13. The fourth-order valence-corrected chi connectivity index (χ4v) is 15.2. The van der Waals surface area contributed by atoms with Gasteiger partial charge in [0.1, 0.15) is 8.07 Å². The van der Waals surface area contributed by atoms with Crippen LogP contribution in [0.3, 0.4) is 0 Å². The van der Waals surface area contributed by atoms with Crippen molar-refractivity contribution in [3.05, 3.63) is 0 Å². The van der Waals surface area contributed by atoms with Crippen molar-refractivity contribution in [2.45, 2.75) is 109 Å². The molecule has 4 nitrogen and oxygen atoms in total. The van der Waals surface area contributed by atoms with Crippen LogP contribution in [0.15, 0.2) is 0 Å². The van der Waals surface area contributed by atoms with Crippen LogP contribution in [0.1, 0.15) is 26.7 Å². The van der Waals surface area contributed by atoms with E-state index in [0.29, 0.717) is 0 Å². The molecule has 9 heteroatoms. The van der Waals surface area contributed by atoms with Crippen LogP contribution in [-0.4, -0.2) is 55.4 Å². The molecule has 0 N–H and O–H groups in total. The van der Waals surface area contributed by atoms with Crippen molar-refractivity contribution in [3.63, 3.8) is 0 Å². The molecular weight excluding hydrogens is 409 g/mol. The minimum Gasteiger partial charge on any atom is -0.394 e. The lowest BCUT2D eigenvalue weighted by Gasteiger charge is -2.58. The maximum absolute atomic E-state index is 6.93. The molecule has 0 aliphatic carbocycles. The monoisotopic (exact) mass is 454 g/mol. The molecule has 158 valence electrons. The molecule has 0 radical (unpaired) electrons. The van der Waals surface area contributed by atoms with E-state index in [1.807, 2.05) is 0 Å². The van der Waals surface area contributed by atoms with E-state index in [1.54, 1.807) is 0 Å². The van der Waals surface area contributed by atoms with E-state index in [4.69, 9.17) is 17.7 Å². The zero-order valence-corrected chi connectivity index (χ0v) is 25.2. The highest BCUT2D eigenvalue weighted by Gasteiger charge is 2.64. The van der Waals surface area contributed by atoms with Gasteiger partial charge in [0.15, 0.2) is 47.4 Å². The van der Waals surface area contributed by atoms with E-state index >= 15 is 0 Å². The number of hydrogen-bond acceptors (Lipinski definition) is 4. The molecule has 0 fully saturated rings. The first-order valence-electron chi connectivity index (χ1n) is 10.5. The molecule has 0 atom stereocenters. The van der Waals surface area contributed by atoms with Gasteiger partial charge in [-0.3, -0.25) is 0 Å². The molecule has 0 rings (SSSR count). The summed E-state index contributed by atoms with van der Waals surface area (Å²) >= 11 is 0. The molecule has 0 heterocycles. The Balaban J connectivity index is 6.71. The van der Waals surface area contributed by atoms with E-state index in [9.17, 15) is 0 Å². The highest BCUT2D eigenvalue weighted by molar-refractivity contribution is 6.81. The lowest BCUT2D eigenvalue weighted by Crippen LogP contribution is -2.75. The van der Waals surface area contributed by atoms with Crippen LogP contribution >= 0.6 is 0 Å². The predicted molar refractivity (Wildman–Crippen MR) is 128 cm³/mol. The van der Waals surface area contributed by atoms with E-state index in [2.05, 4.69) is 79.3 Å². The van der Waals surface area contributed by atoms with Crippen molar-refractivity contribution in [3.8, 4) is 0 Å². The molecule has 0 bridgehead atoms. The van der Waals surface area contributed by atoms with Crippen LogP contribution in [0.4, 0.5) is 0 Å². The molecule has 0 spiro atoms. The molecule has 0 unspecified atom stereocenters. The van der Waals surface area contributed by atoms with Crippen molar-refractivity contribution in [1.82, 2.24) is 0 Å². The first kappa shape index (κ1) is 26.9. The maximum atomic E-state index is 6.93. The predicted octanol–water partition coefficient (Wildman–Crippen LogP) is 4.45. The zero-order chi connectivity index (χ0) is 20.8. The molecule has 0 aromatic heterocycles. The normalized spacial score (nSPS) is 14.3. The second kappa shape index (κ2) is 11.2. The average Bonchev–Trinajstić information content (AvgIpc) is 2.43. The van der Waals surface area contributed by atoms with Gasteiger partial charge in [-0.05, 0) is 52.4 Å². The van der Waals surface area contributed by atoms with Crippen LogP contribution in [0, 0.1) is 0 Å². The van der Waals surface area contributed by atoms with Crippen LogP contribution in [0.25, 0.3) is 0 Å². The Kier molecular flexibility index (Phi) is 11.6. The molecule has 0 amide bonds. The summed E-state index contributed by atoms with van der Waals surface area (Å²) in [5, 5.41) is 0. The SMILES string of the molecule is CCC[Si](C)(C)C(O[SiH](C)C)(O[SiH](C)C)C(CC)(O[SiH](C)C)O[SiH](C)C. The van der Waals surface area contributed by atoms with Crippen molar-refractivity contribution < 1.29 is 17.7 Å². The molecular formula is C17H46O4Si5. The fraction of sp³-hybridized carbons (Fsp3) is 1.00. The third-order valence-corrected chi connectivity index (χ3v) is 12.3. The Hall–Kier alpha value is 0.924. The van der Waals surface area contributed by atoms with Crippen molar-refractivity contribution >= 4 is 44.2 Å². The molecule has 0 aliphatic heterocycles. The summed E-state index contributed by atoms with van der Waals surface area (Å²) in [7, 11) is -7.47. The average molecular weight is 455 g/mol. The molecule has 0 saturated carbocycles. The largest absolute Gasteiger partial charge is 0.394 e. The Labute approximate surface area is 171 Å². The minimum atomic E-state index is -1.98. The van der Waals surface area contributed by atoms with Crippen LogP contribution < -0.4 is 0 Å². The van der Waals surface area contributed by atoms with Crippen LogP contribution in [0.5, 0.6) is 0 Å². The van der Waals surface area contributed by atoms with E-state index in [-0.39, 0.29) is 0 Å². The Morgan fingerprint density at radius 1 is 0.654 bits per heavy atom. The summed E-state index contributed by atoms with van der Waals surface area (Å²) in [6.07, 6.45) is 1.93. The maximum Gasteiger partial charge on any atom is 0.198 e. The molecule has 0 saturated heterocycles. The molecule has 0 aromatic carbocycles. The summed E-state index contributed by atoms with van der Waals surface area (Å²) in [5.41, 5.74) is -0.694. The highest BCUT2D eigenvalue weighted by Crippen LogP contribution is 2.46. The van der Waals surface area contributed by atoms with Gasteiger partial charge < -0.3 is 17.7 Å². The van der Waals surface area contributed by atoms with Crippen molar-refractivity contribution in [2.24, 2.45) is 0 Å². The fourth-order valence-electron chi connectivity index (χ4n) is 3.84. The molecule has 26 heavy (non-hydrogen) atoms. The second-order valence-corrected chi connectivity index (χ2v) is 23.3. The van der Waals surface area contributed by atoms with Gasteiger partial charge in [0.05, 0.1) is 0 Å². The Bertz CT molecular complexity index is 383. The second-order valence-electron chi connectivity index (χ2n) is 9.02. The molecule has 0 aromatic rings. The Morgan fingerprint density at radius 3 is 1.23 bits per heavy atom. The van der Waals surface area contributed by atoms with Crippen molar-refractivity contribution in [1.29, 1.82) is 0 Å². The van der Waals surface area contributed by atoms with Gasteiger partial charge >= 0.3 is 0 Å². The highest BCUT2D eigenvalue weighted by atomic mass is 28.3. The summed E-state index contributed by atoms with van der Waals surface area (Å²) in [5.74, 6) is -0.743. The van der Waals surface area contributed by atoms with E-state index in [0.717, 1.165) is 18.9 Å². The summed E-state index contributed by atoms with van der Waals surface area (Å²) < 4.78 is 27.4. The van der Waals surface area contributed by atoms with Gasteiger partial charge in [-0.15, -0.1) is 0 Å². The lowest BCUT2D eigenvalue weighted by molar-refractivity contribution is -0.278. The Morgan fingerprint density at radius 2 is 1.00 bits per heavy atom. The minimum absolute atomic E-state index is 0.694. The van der Waals surface area contributed by atoms with Gasteiger partial charge in [0, 0.05) is 6.42 Å². The van der Waals surface area contributed by atoms with Crippen molar-refractivity contribution in [2.75, 3.05) is 0 Å². The van der Waals surface area contributed by atoms with Gasteiger partial charge in [-0.1, -0.05) is 39.4 Å². The smallest absolute Gasteiger partial charge is 0.198 e. The van der Waals surface area contributed by atoms with Gasteiger partial charge in [0.25, 0.3) is 0 Å².